The summed E-state index contributed by atoms with van der Waals surface area (Å²) in [7, 11) is 0. The van der Waals surface area contributed by atoms with Gasteiger partial charge >= 0.3 is 0 Å². The van der Waals surface area contributed by atoms with Crippen LogP contribution in [-0.4, -0.2) is 33.8 Å². The van der Waals surface area contributed by atoms with E-state index in [1.54, 1.807) is 6.07 Å². The first-order valence-electron chi connectivity index (χ1n) is 6.99. The van der Waals surface area contributed by atoms with Gasteiger partial charge in [0.1, 0.15) is 5.75 Å². The van der Waals surface area contributed by atoms with E-state index >= 15 is 0 Å². The Morgan fingerprint density at radius 3 is 2.70 bits per heavy atom. The van der Waals surface area contributed by atoms with Gasteiger partial charge in [0.25, 0.3) is 5.91 Å². The van der Waals surface area contributed by atoms with Gasteiger partial charge in [-0.05, 0) is 31.0 Å². The standard InChI is InChI=1S/C15H19BrClNO2/c16-8-9-18(11-4-2-1-3-5-11)15(20)13-10-12(19)6-7-14(13)17/h6-7,10-11,19H,1-5,8-9H2. The van der Waals surface area contributed by atoms with E-state index in [1.165, 1.54) is 31.4 Å². The molecule has 0 radical (unpaired) electrons. The van der Waals surface area contributed by atoms with Crippen LogP contribution in [0, 0.1) is 0 Å². The Labute approximate surface area is 133 Å². The van der Waals surface area contributed by atoms with Crippen molar-refractivity contribution in [2.45, 2.75) is 38.1 Å². The van der Waals surface area contributed by atoms with Crippen molar-refractivity contribution in [1.29, 1.82) is 0 Å². The number of carbonyl (C=O) groups excluding carboxylic acids is 1. The Morgan fingerprint density at radius 1 is 1.35 bits per heavy atom. The lowest BCUT2D eigenvalue weighted by molar-refractivity contribution is 0.0651. The van der Waals surface area contributed by atoms with E-state index in [0.717, 1.165) is 18.2 Å². The lowest BCUT2D eigenvalue weighted by atomic mass is 9.93. The molecule has 1 aliphatic carbocycles. The second-order valence-electron chi connectivity index (χ2n) is 5.14. The van der Waals surface area contributed by atoms with Gasteiger partial charge < -0.3 is 10.0 Å². The van der Waals surface area contributed by atoms with Crippen molar-refractivity contribution in [3.05, 3.63) is 28.8 Å². The van der Waals surface area contributed by atoms with Crippen molar-refractivity contribution >= 4 is 33.4 Å². The average Bonchev–Trinajstić information content (AvgIpc) is 2.47. The minimum atomic E-state index is -0.0859. The third kappa shape index (κ3) is 3.67. The van der Waals surface area contributed by atoms with Crippen LogP contribution in [0.15, 0.2) is 18.2 Å². The van der Waals surface area contributed by atoms with Crippen LogP contribution >= 0.6 is 27.5 Å². The Hall–Kier alpha value is -0.740. The van der Waals surface area contributed by atoms with E-state index in [1.807, 2.05) is 4.90 Å². The Morgan fingerprint density at radius 2 is 2.05 bits per heavy atom. The van der Waals surface area contributed by atoms with Gasteiger partial charge in [0.15, 0.2) is 0 Å². The van der Waals surface area contributed by atoms with Crippen LogP contribution in [-0.2, 0) is 0 Å². The van der Waals surface area contributed by atoms with Gasteiger partial charge in [-0.15, -0.1) is 0 Å². The number of carbonyl (C=O) groups is 1. The summed E-state index contributed by atoms with van der Waals surface area (Å²) in [6, 6.07) is 4.80. The molecule has 2 rings (SSSR count). The number of rotatable bonds is 4. The van der Waals surface area contributed by atoms with Crippen LogP contribution in [0.3, 0.4) is 0 Å². The highest BCUT2D eigenvalue weighted by atomic mass is 79.9. The molecule has 0 saturated heterocycles. The monoisotopic (exact) mass is 359 g/mol. The lowest BCUT2D eigenvalue weighted by Crippen LogP contribution is -2.42. The van der Waals surface area contributed by atoms with Gasteiger partial charge in [0.2, 0.25) is 0 Å². The van der Waals surface area contributed by atoms with Crippen molar-refractivity contribution in [2.75, 3.05) is 11.9 Å². The predicted octanol–water partition coefficient (Wildman–Crippen LogP) is 4.22. The molecule has 0 spiro atoms. The Bertz CT molecular complexity index is 475. The SMILES string of the molecule is O=C(c1cc(O)ccc1Cl)N(CCBr)C1CCCCC1. The first-order chi connectivity index (χ1) is 9.63. The molecule has 0 heterocycles. The molecule has 110 valence electrons. The fourth-order valence-corrected chi connectivity index (χ4v) is 3.35. The summed E-state index contributed by atoms with van der Waals surface area (Å²) in [6.45, 7) is 0.662. The number of benzene rings is 1. The van der Waals surface area contributed by atoms with Crippen LogP contribution in [0.2, 0.25) is 5.02 Å². The quantitative estimate of drug-likeness (QED) is 0.817. The fourth-order valence-electron chi connectivity index (χ4n) is 2.77. The highest BCUT2D eigenvalue weighted by molar-refractivity contribution is 9.09. The summed E-state index contributed by atoms with van der Waals surface area (Å²) < 4.78 is 0. The lowest BCUT2D eigenvalue weighted by Gasteiger charge is -2.34. The zero-order valence-electron chi connectivity index (χ0n) is 11.3. The van der Waals surface area contributed by atoms with Crippen molar-refractivity contribution < 1.29 is 9.90 Å². The summed E-state index contributed by atoms with van der Waals surface area (Å²) >= 11 is 9.52. The zero-order valence-corrected chi connectivity index (χ0v) is 13.7. The van der Waals surface area contributed by atoms with Crippen LogP contribution in [0.5, 0.6) is 5.75 Å². The molecule has 0 aliphatic heterocycles. The molecule has 3 nitrogen and oxygen atoms in total. The van der Waals surface area contributed by atoms with Crippen LogP contribution in [0.25, 0.3) is 0 Å². The summed E-state index contributed by atoms with van der Waals surface area (Å²) in [6.07, 6.45) is 5.69. The van der Waals surface area contributed by atoms with E-state index < -0.39 is 0 Å². The molecule has 20 heavy (non-hydrogen) atoms. The molecule has 0 atom stereocenters. The number of phenolic OH excluding ortho intramolecular Hbond substituents is 1. The van der Waals surface area contributed by atoms with Crippen molar-refractivity contribution in [2.24, 2.45) is 0 Å². The van der Waals surface area contributed by atoms with Crippen LogP contribution in [0.1, 0.15) is 42.5 Å². The number of amides is 1. The zero-order chi connectivity index (χ0) is 14.5. The molecule has 1 aromatic carbocycles. The summed E-state index contributed by atoms with van der Waals surface area (Å²) in [4.78, 5) is 14.6. The maximum Gasteiger partial charge on any atom is 0.255 e. The Kier molecular flexibility index (Phi) is 5.73. The molecule has 0 unspecified atom stereocenters. The summed E-state index contributed by atoms with van der Waals surface area (Å²) in [5.41, 5.74) is 0.387. The van der Waals surface area contributed by atoms with Crippen molar-refractivity contribution in [3.8, 4) is 5.75 Å². The highest BCUT2D eigenvalue weighted by Crippen LogP contribution is 2.27. The smallest absolute Gasteiger partial charge is 0.255 e. The largest absolute Gasteiger partial charge is 0.508 e. The maximum atomic E-state index is 12.7. The number of hydrogen-bond donors (Lipinski definition) is 1. The topological polar surface area (TPSA) is 40.5 Å². The molecule has 1 N–H and O–H groups in total. The third-order valence-corrected chi connectivity index (χ3v) is 4.47. The molecule has 1 fully saturated rings. The molecule has 0 aromatic heterocycles. The van der Waals surface area contributed by atoms with Crippen molar-refractivity contribution in [3.63, 3.8) is 0 Å². The molecule has 5 heteroatoms. The minimum Gasteiger partial charge on any atom is -0.508 e. The molecule has 1 saturated carbocycles. The van der Waals surface area contributed by atoms with Gasteiger partial charge in [-0.2, -0.15) is 0 Å². The number of nitrogens with zero attached hydrogens (tertiary/aromatic N) is 1. The van der Waals surface area contributed by atoms with Gasteiger partial charge in [-0.3, -0.25) is 4.79 Å². The molecule has 1 amide bonds. The maximum absolute atomic E-state index is 12.7. The van der Waals surface area contributed by atoms with E-state index in [-0.39, 0.29) is 17.7 Å². The molecular formula is C15H19BrClNO2. The first-order valence-corrected chi connectivity index (χ1v) is 8.49. The molecule has 1 aromatic rings. The van der Waals surface area contributed by atoms with Gasteiger partial charge in [-0.25, -0.2) is 0 Å². The second-order valence-corrected chi connectivity index (χ2v) is 6.34. The van der Waals surface area contributed by atoms with E-state index in [9.17, 15) is 9.90 Å². The third-order valence-electron chi connectivity index (χ3n) is 3.78. The van der Waals surface area contributed by atoms with E-state index in [2.05, 4.69) is 15.9 Å². The fraction of sp³-hybridized carbons (Fsp3) is 0.533. The van der Waals surface area contributed by atoms with Gasteiger partial charge in [0, 0.05) is 17.9 Å². The van der Waals surface area contributed by atoms with Crippen LogP contribution in [0.4, 0.5) is 0 Å². The number of phenols is 1. The minimum absolute atomic E-state index is 0.0696. The molecular weight excluding hydrogens is 342 g/mol. The van der Waals surface area contributed by atoms with E-state index in [4.69, 9.17) is 11.6 Å². The average molecular weight is 361 g/mol. The number of alkyl halides is 1. The number of halogens is 2. The normalized spacial score (nSPS) is 16.1. The molecule has 0 bridgehead atoms. The number of hydrogen-bond acceptors (Lipinski definition) is 2. The number of aromatic hydroxyl groups is 1. The van der Waals surface area contributed by atoms with Crippen LogP contribution < -0.4 is 0 Å². The first kappa shape index (κ1) is 15.6. The Balaban J connectivity index is 2.23. The highest BCUT2D eigenvalue weighted by Gasteiger charge is 2.27. The second kappa shape index (κ2) is 7.32. The molecule has 1 aliphatic rings. The summed E-state index contributed by atoms with van der Waals surface area (Å²) in [5, 5.41) is 10.7. The summed E-state index contributed by atoms with van der Waals surface area (Å²) in [5.74, 6) is -0.0163. The predicted molar refractivity (Wildman–Crippen MR) is 84.8 cm³/mol. The van der Waals surface area contributed by atoms with Gasteiger partial charge in [0.05, 0.1) is 10.6 Å². The van der Waals surface area contributed by atoms with Gasteiger partial charge in [-0.1, -0.05) is 46.8 Å². The van der Waals surface area contributed by atoms with Crippen molar-refractivity contribution in [1.82, 2.24) is 4.90 Å². The van der Waals surface area contributed by atoms with E-state index in [0.29, 0.717) is 17.1 Å².